The highest BCUT2D eigenvalue weighted by Gasteiger charge is 2.35. The van der Waals surface area contributed by atoms with Crippen LogP contribution in [0.1, 0.15) is 26.2 Å². The Labute approximate surface area is 64.9 Å². The molecule has 0 amide bonds. The summed E-state index contributed by atoms with van der Waals surface area (Å²) in [5.74, 6) is 0. The lowest BCUT2D eigenvalue weighted by Gasteiger charge is -1.88. The Morgan fingerprint density at radius 1 is 1.44 bits per heavy atom. The first kappa shape index (κ1) is 7.55. The van der Waals surface area contributed by atoms with Crippen LogP contribution in [0.5, 0.6) is 0 Å². The largest absolute Gasteiger partial charge is 0.370 e. The van der Waals surface area contributed by atoms with Crippen molar-refractivity contribution >= 4 is 15.9 Å². The Morgan fingerprint density at radius 2 is 2.22 bits per heavy atom. The number of alkyl halides is 1. The number of hydrogen-bond acceptors (Lipinski definition) is 1. The van der Waals surface area contributed by atoms with Crippen molar-refractivity contribution in [2.75, 3.05) is 5.33 Å². The molecule has 1 heterocycles. The number of ether oxygens (including phenoxy) is 1. The molecule has 1 aliphatic rings. The van der Waals surface area contributed by atoms with Crippen molar-refractivity contribution in [3.05, 3.63) is 0 Å². The molecule has 0 aromatic rings. The first-order chi connectivity index (χ1) is 4.38. The van der Waals surface area contributed by atoms with E-state index in [2.05, 4.69) is 22.9 Å². The molecular weight excluding hydrogens is 180 g/mol. The number of halogens is 1. The van der Waals surface area contributed by atoms with Gasteiger partial charge in [-0.15, -0.1) is 0 Å². The van der Waals surface area contributed by atoms with Crippen molar-refractivity contribution < 1.29 is 4.74 Å². The summed E-state index contributed by atoms with van der Waals surface area (Å²) in [6, 6.07) is 0. The van der Waals surface area contributed by atoms with Crippen LogP contribution in [0.15, 0.2) is 0 Å². The van der Waals surface area contributed by atoms with Crippen molar-refractivity contribution in [3.63, 3.8) is 0 Å². The molecule has 1 saturated heterocycles. The van der Waals surface area contributed by atoms with Gasteiger partial charge in [0.15, 0.2) is 0 Å². The van der Waals surface area contributed by atoms with Gasteiger partial charge in [0.2, 0.25) is 0 Å². The van der Waals surface area contributed by atoms with Crippen molar-refractivity contribution in [2.45, 2.75) is 38.4 Å². The lowest BCUT2D eigenvalue weighted by Crippen LogP contribution is -1.91. The molecule has 54 valence electrons. The minimum atomic E-state index is 0.601. The van der Waals surface area contributed by atoms with Gasteiger partial charge in [-0.2, -0.15) is 0 Å². The van der Waals surface area contributed by atoms with Gasteiger partial charge in [-0.1, -0.05) is 22.9 Å². The summed E-state index contributed by atoms with van der Waals surface area (Å²) in [7, 11) is 0. The van der Waals surface area contributed by atoms with Gasteiger partial charge in [-0.05, 0) is 19.3 Å². The predicted molar refractivity (Wildman–Crippen MR) is 42.0 cm³/mol. The van der Waals surface area contributed by atoms with Gasteiger partial charge in [-0.25, -0.2) is 0 Å². The average Bonchev–Trinajstić information content (AvgIpc) is 2.62. The second kappa shape index (κ2) is 3.57. The third-order valence-electron chi connectivity index (χ3n) is 1.71. The van der Waals surface area contributed by atoms with Crippen LogP contribution in [-0.4, -0.2) is 17.5 Å². The molecule has 2 unspecified atom stereocenters. The average molecular weight is 193 g/mol. The van der Waals surface area contributed by atoms with Crippen LogP contribution in [0.3, 0.4) is 0 Å². The van der Waals surface area contributed by atoms with Crippen LogP contribution in [0.4, 0.5) is 0 Å². The zero-order valence-electron chi connectivity index (χ0n) is 5.77. The molecule has 2 atom stereocenters. The second-order valence-electron chi connectivity index (χ2n) is 2.45. The first-order valence-electron chi connectivity index (χ1n) is 3.60. The van der Waals surface area contributed by atoms with Gasteiger partial charge in [-0.3, -0.25) is 0 Å². The Morgan fingerprint density at radius 3 is 2.67 bits per heavy atom. The van der Waals surface area contributed by atoms with Crippen LogP contribution in [0.2, 0.25) is 0 Å². The number of hydrogen-bond donors (Lipinski definition) is 0. The highest BCUT2D eigenvalue weighted by atomic mass is 79.9. The maximum absolute atomic E-state index is 5.35. The summed E-state index contributed by atoms with van der Waals surface area (Å²) in [5.41, 5.74) is 0. The van der Waals surface area contributed by atoms with E-state index in [0.717, 1.165) is 5.33 Å². The minimum Gasteiger partial charge on any atom is -0.370 e. The van der Waals surface area contributed by atoms with Crippen molar-refractivity contribution in [1.82, 2.24) is 0 Å². The summed E-state index contributed by atoms with van der Waals surface area (Å²) in [6.07, 6.45) is 4.88. The molecule has 0 N–H and O–H groups in total. The molecule has 0 aliphatic carbocycles. The standard InChI is InChI=1S/C7H13BrO/c1-2-6-7(9-6)4-3-5-8/h6-7H,2-5H2,1H3. The maximum atomic E-state index is 5.35. The van der Waals surface area contributed by atoms with E-state index in [0.29, 0.717) is 12.2 Å². The third kappa shape index (κ3) is 2.26. The Bertz CT molecular complexity index is 85.0. The first-order valence-corrected chi connectivity index (χ1v) is 4.72. The Balaban J connectivity index is 1.92. The molecule has 0 aromatic carbocycles. The van der Waals surface area contributed by atoms with Gasteiger partial charge in [0.25, 0.3) is 0 Å². The molecule has 1 rings (SSSR count). The van der Waals surface area contributed by atoms with E-state index in [1.54, 1.807) is 0 Å². The van der Waals surface area contributed by atoms with E-state index < -0.39 is 0 Å². The summed E-state index contributed by atoms with van der Waals surface area (Å²) in [6.45, 7) is 2.18. The Hall–Kier alpha value is 0.440. The van der Waals surface area contributed by atoms with E-state index in [1.165, 1.54) is 19.3 Å². The molecule has 2 heteroatoms. The molecule has 1 aliphatic heterocycles. The molecule has 1 fully saturated rings. The fourth-order valence-electron chi connectivity index (χ4n) is 1.07. The van der Waals surface area contributed by atoms with Gasteiger partial charge >= 0.3 is 0 Å². The zero-order chi connectivity index (χ0) is 6.69. The minimum absolute atomic E-state index is 0.601. The number of epoxide rings is 1. The molecule has 0 spiro atoms. The molecule has 0 saturated carbocycles. The number of rotatable bonds is 4. The monoisotopic (exact) mass is 192 g/mol. The summed E-state index contributed by atoms with van der Waals surface area (Å²) >= 11 is 3.39. The van der Waals surface area contributed by atoms with Gasteiger partial charge < -0.3 is 4.74 Å². The lowest BCUT2D eigenvalue weighted by molar-refractivity contribution is 0.359. The Kier molecular flexibility index (Phi) is 2.99. The summed E-state index contributed by atoms with van der Waals surface area (Å²) in [4.78, 5) is 0. The van der Waals surface area contributed by atoms with Crippen molar-refractivity contribution in [2.24, 2.45) is 0 Å². The van der Waals surface area contributed by atoms with Gasteiger partial charge in [0, 0.05) is 5.33 Å². The summed E-state index contributed by atoms with van der Waals surface area (Å²) < 4.78 is 5.35. The molecule has 1 nitrogen and oxygen atoms in total. The van der Waals surface area contributed by atoms with Crippen molar-refractivity contribution in [1.29, 1.82) is 0 Å². The zero-order valence-corrected chi connectivity index (χ0v) is 7.36. The molecule has 0 aromatic heterocycles. The fraction of sp³-hybridized carbons (Fsp3) is 1.00. The van der Waals surface area contributed by atoms with Crippen LogP contribution in [-0.2, 0) is 4.74 Å². The van der Waals surface area contributed by atoms with E-state index in [-0.39, 0.29) is 0 Å². The topological polar surface area (TPSA) is 12.5 Å². The highest BCUT2D eigenvalue weighted by Crippen LogP contribution is 2.28. The smallest absolute Gasteiger partial charge is 0.0842 e. The third-order valence-corrected chi connectivity index (χ3v) is 2.27. The fourth-order valence-corrected chi connectivity index (χ4v) is 1.39. The second-order valence-corrected chi connectivity index (χ2v) is 3.25. The van der Waals surface area contributed by atoms with Crippen LogP contribution in [0.25, 0.3) is 0 Å². The van der Waals surface area contributed by atoms with Crippen LogP contribution < -0.4 is 0 Å². The maximum Gasteiger partial charge on any atom is 0.0842 e. The van der Waals surface area contributed by atoms with E-state index in [1.807, 2.05) is 0 Å². The molecule has 0 bridgehead atoms. The van der Waals surface area contributed by atoms with Gasteiger partial charge in [0.05, 0.1) is 12.2 Å². The molecule has 0 radical (unpaired) electrons. The molecular formula is C7H13BrO. The van der Waals surface area contributed by atoms with E-state index in [4.69, 9.17) is 4.74 Å². The predicted octanol–water partition coefficient (Wildman–Crippen LogP) is 2.34. The lowest BCUT2D eigenvalue weighted by atomic mass is 10.2. The highest BCUT2D eigenvalue weighted by molar-refractivity contribution is 9.09. The summed E-state index contributed by atoms with van der Waals surface area (Å²) in [5, 5.41) is 1.11. The SMILES string of the molecule is CCC1OC1CCCBr. The van der Waals surface area contributed by atoms with E-state index in [9.17, 15) is 0 Å². The normalized spacial score (nSPS) is 32.7. The van der Waals surface area contributed by atoms with Gasteiger partial charge in [0.1, 0.15) is 0 Å². The quantitative estimate of drug-likeness (QED) is 0.493. The van der Waals surface area contributed by atoms with Crippen LogP contribution >= 0.6 is 15.9 Å². The van der Waals surface area contributed by atoms with Crippen LogP contribution in [0, 0.1) is 0 Å². The van der Waals surface area contributed by atoms with E-state index >= 15 is 0 Å². The van der Waals surface area contributed by atoms with Crippen molar-refractivity contribution in [3.8, 4) is 0 Å². The molecule has 9 heavy (non-hydrogen) atoms.